The highest BCUT2D eigenvalue weighted by atomic mass is 16.1. The van der Waals surface area contributed by atoms with Crippen LogP contribution in [0.2, 0.25) is 0 Å². The zero-order chi connectivity index (χ0) is 11.7. The van der Waals surface area contributed by atoms with Crippen molar-refractivity contribution in [3.05, 3.63) is 0 Å². The van der Waals surface area contributed by atoms with Gasteiger partial charge < -0.3 is 11.1 Å². The normalized spacial score (nSPS) is 12.5. The second-order valence-corrected chi connectivity index (χ2v) is 3.84. The molecule has 0 aliphatic heterocycles. The topological polar surface area (TPSA) is 73.8 Å². The van der Waals surface area contributed by atoms with Crippen LogP contribution in [-0.2, 0) is 9.59 Å². The first-order valence-electron chi connectivity index (χ1n) is 5.60. The Morgan fingerprint density at radius 3 is 2.40 bits per heavy atom. The first-order chi connectivity index (χ1) is 7.11. The summed E-state index contributed by atoms with van der Waals surface area (Å²) in [5, 5.41) is 2.91. The van der Waals surface area contributed by atoms with Crippen molar-refractivity contribution in [2.75, 3.05) is 13.6 Å². The third-order valence-electron chi connectivity index (χ3n) is 2.51. The number of ketones is 2. The fraction of sp³-hybridized carbons (Fsp3) is 0.818. The Morgan fingerprint density at radius 2 is 1.93 bits per heavy atom. The number of hydrogen-bond acceptors (Lipinski definition) is 3. The van der Waals surface area contributed by atoms with Crippen LogP contribution in [-0.4, -0.2) is 31.2 Å². The van der Waals surface area contributed by atoms with Gasteiger partial charge in [0.25, 0.3) is 0 Å². The molecule has 0 aromatic carbocycles. The minimum atomic E-state index is -0.165. The molecule has 0 heterocycles. The van der Waals surface area contributed by atoms with Gasteiger partial charge >= 0.3 is 0 Å². The summed E-state index contributed by atoms with van der Waals surface area (Å²) in [6.45, 7) is 2.44. The van der Waals surface area contributed by atoms with Crippen LogP contribution in [0.25, 0.3) is 0 Å². The molecule has 0 amide bonds. The van der Waals surface area contributed by atoms with E-state index in [1.54, 1.807) is 14.0 Å². The Kier molecular flexibility index (Phi) is 8.14. The van der Waals surface area contributed by atoms with Gasteiger partial charge in [-0.1, -0.05) is 0 Å². The van der Waals surface area contributed by atoms with E-state index in [2.05, 4.69) is 11.1 Å². The first kappa shape index (κ1) is 14.3. The Morgan fingerprint density at radius 1 is 1.27 bits per heavy atom. The molecule has 4 heteroatoms. The summed E-state index contributed by atoms with van der Waals surface area (Å²) in [4.78, 5) is 22.5. The Balaban J connectivity index is 3.64. The summed E-state index contributed by atoms with van der Waals surface area (Å²) in [6, 6.07) is -0.165. The van der Waals surface area contributed by atoms with E-state index in [0.29, 0.717) is 19.3 Å². The van der Waals surface area contributed by atoms with Crippen molar-refractivity contribution in [2.24, 2.45) is 0 Å². The quantitative estimate of drug-likeness (QED) is 0.529. The van der Waals surface area contributed by atoms with Gasteiger partial charge in [-0.3, -0.25) is 9.59 Å². The molecule has 0 rings (SSSR count). The van der Waals surface area contributed by atoms with Crippen molar-refractivity contribution >= 4 is 11.6 Å². The van der Waals surface area contributed by atoms with Gasteiger partial charge in [0.2, 0.25) is 0 Å². The summed E-state index contributed by atoms with van der Waals surface area (Å²) in [5.74, 6) is 0.355. The lowest BCUT2D eigenvalue weighted by atomic mass is 10.0. The number of carbonyl (C=O) groups is 2. The van der Waals surface area contributed by atoms with E-state index >= 15 is 0 Å². The molecular weight excluding hydrogens is 192 g/mol. The van der Waals surface area contributed by atoms with Crippen molar-refractivity contribution < 1.29 is 15.3 Å². The van der Waals surface area contributed by atoms with E-state index in [0.717, 1.165) is 19.4 Å². The number of nitrogens with one attached hydrogen (secondary N) is 1. The fourth-order valence-corrected chi connectivity index (χ4v) is 1.48. The molecule has 0 spiro atoms. The van der Waals surface area contributed by atoms with E-state index in [1.807, 2.05) is 0 Å². The molecule has 4 nitrogen and oxygen atoms in total. The van der Waals surface area contributed by atoms with Gasteiger partial charge in [0.15, 0.2) is 0 Å². The minimum absolute atomic E-state index is 0.100. The van der Waals surface area contributed by atoms with Gasteiger partial charge in [0.1, 0.15) is 11.6 Å². The largest absolute Gasteiger partial charge is 0.358 e. The minimum Gasteiger partial charge on any atom is -0.358 e. The molecule has 88 valence electrons. The Labute approximate surface area is 91.6 Å². The fourth-order valence-electron chi connectivity index (χ4n) is 1.48. The number of Topliss-reactive ketones (excluding diaryl/α,β-unsaturated/α-hetero) is 2. The molecular formula is C11H23N2O2+. The summed E-state index contributed by atoms with van der Waals surface area (Å²) in [5.41, 5.74) is 3.73. The summed E-state index contributed by atoms with van der Waals surface area (Å²) < 4.78 is 0. The third kappa shape index (κ3) is 7.22. The Hall–Kier alpha value is -0.740. The smallest absolute Gasteiger partial charge is 0.146 e. The molecule has 0 radical (unpaired) electrons. The monoisotopic (exact) mass is 215 g/mol. The van der Waals surface area contributed by atoms with Crippen LogP contribution in [0.1, 0.15) is 39.0 Å². The summed E-state index contributed by atoms with van der Waals surface area (Å²) in [7, 11) is 1.75. The number of likely N-dealkylation sites (N-methyl/N-ethyl adjacent to an activating group) is 1. The van der Waals surface area contributed by atoms with Gasteiger partial charge in [-0.25, -0.2) is 0 Å². The molecule has 0 aromatic rings. The first-order valence-corrected chi connectivity index (χ1v) is 5.60. The maximum Gasteiger partial charge on any atom is 0.146 e. The lowest BCUT2D eigenvalue weighted by Gasteiger charge is -2.11. The second kappa shape index (κ2) is 8.56. The van der Waals surface area contributed by atoms with Crippen molar-refractivity contribution in [1.82, 2.24) is 5.32 Å². The highest BCUT2D eigenvalue weighted by Crippen LogP contribution is 2.04. The standard InChI is InChI=1S/C11H22N2O2/c1-9(14)11(13-2)7-6-10(15)5-3-4-8-12/h11,13H,3-8,12H2,1-2H3/p+1/t11-/m0/s1. The van der Waals surface area contributed by atoms with E-state index in [1.165, 1.54) is 0 Å². The van der Waals surface area contributed by atoms with Crippen LogP contribution in [0.15, 0.2) is 0 Å². The van der Waals surface area contributed by atoms with Gasteiger partial charge in [-0.2, -0.15) is 0 Å². The summed E-state index contributed by atoms with van der Waals surface area (Å²) in [6.07, 6.45) is 3.68. The van der Waals surface area contributed by atoms with E-state index in [9.17, 15) is 9.59 Å². The predicted octanol–water partition coefficient (Wildman–Crippen LogP) is -0.0751. The molecule has 0 bridgehead atoms. The highest BCUT2D eigenvalue weighted by molar-refractivity contribution is 5.83. The maximum absolute atomic E-state index is 11.4. The lowest BCUT2D eigenvalue weighted by Crippen LogP contribution is -2.50. The number of carbonyl (C=O) groups excluding carboxylic acids is 2. The van der Waals surface area contributed by atoms with Crippen molar-refractivity contribution in [3.63, 3.8) is 0 Å². The molecule has 0 aliphatic rings. The van der Waals surface area contributed by atoms with Crippen molar-refractivity contribution in [1.29, 1.82) is 0 Å². The number of quaternary nitrogens is 1. The van der Waals surface area contributed by atoms with Crippen molar-refractivity contribution in [3.8, 4) is 0 Å². The van der Waals surface area contributed by atoms with Gasteiger partial charge in [-0.05, 0) is 33.2 Å². The van der Waals surface area contributed by atoms with E-state index in [-0.39, 0.29) is 17.6 Å². The molecule has 0 unspecified atom stereocenters. The maximum atomic E-state index is 11.4. The third-order valence-corrected chi connectivity index (χ3v) is 2.51. The zero-order valence-corrected chi connectivity index (χ0v) is 9.84. The van der Waals surface area contributed by atoms with Crippen LogP contribution >= 0.6 is 0 Å². The lowest BCUT2D eigenvalue weighted by molar-refractivity contribution is -0.368. The van der Waals surface area contributed by atoms with Crippen molar-refractivity contribution in [2.45, 2.75) is 45.1 Å². The van der Waals surface area contributed by atoms with Gasteiger partial charge in [0.05, 0.1) is 12.6 Å². The summed E-state index contributed by atoms with van der Waals surface area (Å²) >= 11 is 0. The second-order valence-electron chi connectivity index (χ2n) is 3.84. The average Bonchev–Trinajstić information content (AvgIpc) is 2.18. The van der Waals surface area contributed by atoms with Crippen LogP contribution in [0, 0.1) is 0 Å². The molecule has 0 aromatic heterocycles. The molecule has 1 atom stereocenters. The van der Waals surface area contributed by atoms with E-state index < -0.39 is 0 Å². The van der Waals surface area contributed by atoms with Crippen LogP contribution < -0.4 is 11.1 Å². The SMILES string of the molecule is CN[C@@H](CCC(=O)CCCC[NH3+])C(C)=O. The zero-order valence-electron chi connectivity index (χ0n) is 9.84. The predicted molar refractivity (Wildman–Crippen MR) is 59.4 cm³/mol. The molecule has 0 saturated carbocycles. The van der Waals surface area contributed by atoms with Crippen LogP contribution in [0.4, 0.5) is 0 Å². The average molecular weight is 215 g/mol. The van der Waals surface area contributed by atoms with Gasteiger partial charge in [0, 0.05) is 12.8 Å². The number of unbranched alkanes of at least 4 members (excludes halogenated alkanes) is 1. The molecule has 0 saturated heterocycles. The van der Waals surface area contributed by atoms with E-state index in [4.69, 9.17) is 0 Å². The van der Waals surface area contributed by atoms with Crippen LogP contribution in [0.3, 0.4) is 0 Å². The number of hydrogen-bond donors (Lipinski definition) is 2. The molecule has 4 N–H and O–H groups in total. The molecule has 15 heavy (non-hydrogen) atoms. The highest BCUT2D eigenvalue weighted by Gasteiger charge is 2.13. The number of rotatable bonds is 9. The molecule has 0 aliphatic carbocycles. The molecule has 0 fully saturated rings. The van der Waals surface area contributed by atoms with Crippen LogP contribution in [0.5, 0.6) is 0 Å². The Bertz CT molecular complexity index is 205. The van der Waals surface area contributed by atoms with Gasteiger partial charge in [-0.15, -0.1) is 0 Å².